The second-order valence-electron chi connectivity index (χ2n) is 7.89. The van der Waals surface area contributed by atoms with Crippen LogP contribution in [-0.4, -0.2) is 13.7 Å². The molecule has 0 bridgehead atoms. The summed E-state index contributed by atoms with van der Waals surface area (Å²) in [7, 11) is 1.72. The highest BCUT2D eigenvalue weighted by atomic mass is 16.5. The molecule has 0 N–H and O–H groups in total. The molecule has 1 heteroatoms. The maximum atomic E-state index is 5.11. The lowest BCUT2D eigenvalue weighted by Gasteiger charge is -2.32. The van der Waals surface area contributed by atoms with Gasteiger partial charge in [0, 0.05) is 7.11 Å². The first kappa shape index (κ1) is 21.4. The zero-order valence-corrected chi connectivity index (χ0v) is 17.3. The number of hydrogen-bond acceptors (Lipinski definition) is 1. The molecule has 0 radical (unpaired) electrons. The summed E-state index contributed by atoms with van der Waals surface area (Å²) in [6, 6.07) is 0. The molecular formula is C24H36O. The fourth-order valence-electron chi connectivity index (χ4n) is 3.24. The van der Waals surface area contributed by atoms with Crippen LogP contribution < -0.4 is 0 Å². The first-order valence-corrected chi connectivity index (χ1v) is 9.32. The Balaban J connectivity index is 2.72. The van der Waals surface area contributed by atoms with Gasteiger partial charge in [-0.05, 0) is 63.5 Å². The molecular weight excluding hydrogens is 304 g/mol. The summed E-state index contributed by atoms with van der Waals surface area (Å²) in [4.78, 5) is 0. The van der Waals surface area contributed by atoms with Crippen molar-refractivity contribution in [3.63, 3.8) is 0 Å². The summed E-state index contributed by atoms with van der Waals surface area (Å²) in [6.45, 7) is 14.0. The fraction of sp³-hybridized carbons (Fsp3) is 0.500. The molecule has 0 aliphatic heterocycles. The average Bonchev–Trinajstić information content (AvgIpc) is 2.52. The van der Waals surface area contributed by atoms with E-state index in [1.165, 1.54) is 41.6 Å². The van der Waals surface area contributed by atoms with Crippen LogP contribution in [-0.2, 0) is 4.74 Å². The monoisotopic (exact) mass is 340 g/mol. The molecule has 0 aromatic rings. The van der Waals surface area contributed by atoms with E-state index in [1.54, 1.807) is 12.7 Å². The van der Waals surface area contributed by atoms with Crippen LogP contribution in [0, 0.1) is 5.41 Å². The van der Waals surface area contributed by atoms with Gasteiger partial charge < -0.3 is 4.74 Å². The summed E-state index contributed by atoms with van der Waals surface area (Å²) in [5, 5.41) is 0. The van der Waals surface area contributed by atoms with E-state index in [4.69, 9.17) is 4.74 Å². The van der Waals surface area contributed by atoms with Crippen molar-refractivity contribution in [1.82, 2.24) is 0 Å². The van der Waals surface area contributed by atoms with Gasteiger partial charge in [0.05, 0.1) is 6.61 Å². The van der Waals surface area contributed by atoms with Crippen molar-refractivity contribution in [3.8, 4) is 0 Å². The highest BCUT2D eigenvalue weighted by Gasteiger charge is 2.26. The predicted octanol–water partition coefficient (Wildman–Crippen LogP) is 7.11. The Morgan fingerprint density at radius 2 is 1.72 bits per heavy atom. The molecule has 25 heavy (non-hydrogen) atoms. The topological polar surface area (TPSA) is 9.23 Å². The van der Waals surface area contributed by atoms with Crippen molar-refractivity contribution in [2.24, 2.45) is 5.41 Å². The molecule has 0 amide bonds. The highest BCUT2D eigenvalue weighted by Crippen LogP contribution is 2.40. The van der Waals surface area contributed by atoms with E-state index in [2.05, 4.69) is 84.1 Å². The van der Waals surface area contributed by atoms with E-state index in [9.17, 15) is 0 Å². The summed E-state index contributed by atoms with van der Waals surface area (Å²) >= 11 is 0. The third-order valence-corrected chi connectivity index (χ3v) is 4.78. The van der Waals surface area contributed by atoms with E-state index < -0.39 is 0 Å². The molecule has 1 nitrogen and oxygen atoms in total. The summed E-state index contributed by atoms with van der Waals surface area (Å²) < 4.78 is 5.11. The quantitative estimate of drug-likeness (QED) is 0.449. The van der Waals surface area contributed by atoms with Crippen molar-refractivity contribution < 1.29 is 4.74 Å². The minimum atomic E-state index is 0.306. The van der Waals surface area contributed by atoms with Crippen LogP contribution in [0.2, 0.25) is 0 Å². The summed E-state index contributed by atoms with van der Waals surface area (Å²) in [5.41, 5.74) is 7.11. The Hall–Kier alpha value is -1.60. The maximum absolute atomic E-state index is 5.11. The Morgan fingerprint density at radius 3 is 2.36 bits per heavy atom. The smallest absolute Gasteiger partial charge is 0.0673 e. The molecule has 0 aromatic heterocycles. The van der Waals surface area contributed by atoms with Gasteiger partial charge in [0.25, 0.3) is 0 Å². The van der Waals surface area contributed by atoms with Gasteiger partial charge in [-0.2, -0.15) is 0 Å². The molecule has 0 atom stereocenters. The maximum Gasteiger partial charge on any atom is 0.0673 e. The largest absolute Gasteiger partial charge is 0.380 e. The normalized spacial score (nSPS) is 20.2. The van der Waals surface area contributed by atoms with Gasteiger partial charge in [-0.25, -0.2) is 0 Å². The minimum Gasteiger partial charge on any atom is -0.380 e. The number of methoxy groups -OCH3 is 1. The zero-order valence-electron chi connectivity index (χ0n) is 17.3. The number of ether oxygens (including phenoxy) is 1. The second-order valence-corrected chi connectivity index (χ2v) is 7.89. The summed E-state index contributed by atoms with van der Waals surface area (Å²) in [5.74, 6) is 0. The van der Waals surface area contributed by atoms with Crippen molar-refractivity contribution in [2.75, 3.05) is 13.7 Å². The van der Waals surface area contributed by atoms with Gasteiger partial charge in [0.15, 0.2) is 0 Å². The van der Waals surface area contributed by atoms with Crippen LogP contribution in [0.1, 0.15) is 60.8 Å². The Morgan fingerprint density at radius 1 is 1.04 bits per heavy atom. The van der Waals surface area contributed by atoms with Crippen LogP contribution in [0.15, 0.2) is 70.4 Å². The van der Waals surface area contributed by atoms with Gasteiger partial charge >= 0.3 is 0 Å². The van der Waals surface area contributed by atoms with E-state index in [1.807, 2.05) is 0 Å². The number of rotatable bonds is 7. The summed E-state index contributed by atoms with van der Waals surface area (Å²) in [6.07, 6.45) is 19.1. The van der Waals surface area contributed by atoms with E-state index in [-0.39, 0.29) is 0 Å². The molecule has 1 aliphatic rings. The van der Waals surface area contributed by atoms with Crippen molar-refractivity contribution in [3.05, 3.63) is 70.4 Å². The van der Waals surface area contributed by atoms with Crippen molar-refractivity contribution in [1.29, 1.82) is 0 Å². The standard InChI is InChI=1S/C24H36O/c1-19(13-14-21(3)18-25-7)10-8-11-20(2)15-16-23-22(4)12-9-17-24(23,5)6/h8,10-11,13-16H,9,12,17-18H2,1-7H3/b10-8+,16-15+,19-13+,20-11+,21-14+. The molecule has 0 saturated heterocycles. The van der Waals surface area contributed by atoms with Gasteiger partial charge in [-0.1, -0.05) is 73.1 Å². The average molecular weight is 341 g/mol. The molecule has 1 rings (SSSR count). The molecule has 0 heterocycles. The SMILES string of the molecule is COC/C(C)=C/C=C(C)/C=C/C=C(C)/C=C/C1=C(C)CCCC1(C)C. The van der Waals surface area contributed by atoms with Crippen LogP contribution >= 0.6 is 0 Å². The van der Waals surface area contributed by atoms with Crippen molar-refractivity contribution in [2.45, 2.75) is 60.8 Å². The third kappa shape index (κ3) is 7.88. The Kier molecular flexibility index (Phi) is 8.92. The Labute approximate surface area is 155 Å². The number of hydrogen-bond donors (Lipinski definition) is 0. The Bertz CT molecular complexity index is 618. The van der Waals surface area contributed by atoms with Crippen LogP contribution in [0.25, 0.3) is 0 Å². The van der Waals surface area contributed by atoms with Gasteiger partial charge in [-0.3, -0.25) is 0 Å². The highest BCUT2D eigenvalue weighted by molar-refractivity contribution is 5.37. The van der Waals surface area contributed by atoms with Crippen LogP contribution in [0.3, 0.4) is 0 Å². The molecule has 0 spiro atoms. The molecule has 0 aromatic carbocycles. The third-order valence-electron chi connectivity index (χ3n) is 4.78. The lowest BCUT2D eigenvalue weighted by atomic mass is 9.72. The van der Waals surface area contributed by atoms with E-state index in [0.29, 0.717) is 12.0 Å². The molecule has 0 unspecified atom stereocenters. The van der Waals surface area contributed by atoms with Gasteiger partial charge in [0.1, 0.15) is 0 Å². The molecule has 1 aliphatic carbocycles. The van der Waals surface area contributed by atoms with Crippen LogP contribution in [0.5, 0.6) is 0 Å². The van der Waals surface area contributed by atoms with E-state index in [0.717, 1.165) is 0 Å². The molecule has 138 valence electrons. The predicted molar refractivity (Wildman–Crippen MR) is 112 cm³/mol. The lowest BCUT2D eigenvalue weighted by molar-refractivity contribution is 0.226. The number of allylic oxidation sites excluding steroid dienone is 11. The van der Waals surface area contributed by atoms with Crippen molar-refractivity contribution >= 4 is 0 Å². The van der Waals surface area contributed by atoms with Crippen LogP contribution in [0.4, 0.5) is 0 Å². The first-order chi connectivity index (χ1) is 11.8. The van der Waals surface area contributed by atoms with E-state index >= 15 is 0 Å². The zero-order chi connectivity index (χ0) is 18.9. The minimum absolute atomic E-state index is 0.306. The molecule has 0 saturated carbocycles. The van der Waals surface area contributed by atoms with Gasteiger partial charge in [-0.15, -0.1) is 0 Å². The van der Waals surface area contributed by atoms with Gasteiger partial charge in [0.2, 0.25) is 0 Å². The first-order valence-electron chi connectivity index (χ1n) is 9.32. The lowest BCUT2D eigenvalue weighted by Crippen LogP contribution is -2.19. The molecule has 0 fully saturated rings. The second kappa shape index (κ2) is 10.4. The fourth-order valence-corrected chi connectivity index (χ4v) is 3.24.